The Morgan fingerprint density at radius 2 is 1.88 bits per heavy atom. The van der Waals surface area contributed by atoms with Gasteiger partial charge in [0.05, 0.1) is 0 Å². The lowest BCUT2D eigenvalue weighted by Crippen LogP contribution is -2.49. The van der Waals surface area contributed by atoms with E-state index in [4.69, 9.17) is 0 Å². The third-order valence-electron chi connectivity index (χ3n) is 5.47. The minimum absolute atomic E-state index is 0.163. The van der Waals surface area contributed by atoms with Gasteiger partial charge in [-0.05, 0) is 56.2 Å². The van der Waals surface area contributed by atoms with Crippen LogP contribution in [0.4, 0.5) is 4.39 Å². The number of nitrogens with one attached hydrogen (secondary N) is 2. The van der Waals surface area contributed by atoms with Crippen LogP contribution in [0.3, 0.4) is 0 Å². The minimum Gasteiger partial charge on any atom is -0.354 e. The summed E-state index contributed by atoms with van der Waals surface area (Å²) in [7, 11) is 0. The third kappa shape index (κ3) is 5.70. The SMILES string of the molecule is CCCC1CC1NC(=NCC)NC1CCN(Cc2ccc(F)cc2)CC1. The molecule has 1 heterocycles. The fourth-order valence-corrected chi connectivity index (χ4v) is 3.86. The molecule has 4 nitrogen and oxygen atoms in total. The molecule has 1 saturated carbocycles. The molecule has 2 unspecified atom stereocenters. The number of likely N-dealkylation sites (tertiary alicyclic amines) is 1. The number of guanidine groups is 1. The highest BCUT2D eigenvalue weighted by Crippen LogP contribution is 2.34. The molecule has 0 radical (unpaired) electrons. The van der Waals surface area contributed by atoms with E-state index >= 15 is 0 Å². The van der Waals surface area contributed by atoms with Crippen LogP contribution < -0.4 is 10.6 Å². The van der Waals surface area contributed by atoms with E-state index in [1.54, 1.807) is 12.1 Å². The van der Waals surface area contributed by atoms with E-state index in [1.807, 2.05) is 12.1 Å². The maximum Gasteiger partial charge on any atom is 0.191 e. The van der Waals surface area contributed by atoms with E-state index in [0.717, 1.165) is 50.9 Å². The Bertz CT molecular complexity index is 578. The monoisotopic (exact) mass is 360 g/mol. The first-order valence-electron chi connectivity index (χ1n) is 10.2. The molecule has 2 fully saturated rings. The van der Waals surface area contributed by atoms with Gasteiger partial charge in [-0.2, -0.15) is 0 Å². The molecule has 0 spiro atoms. The Morgan fingerprint density at radius 1 is 1.15 bits per heavy atom. The molecule has 26 heavy (non-hydrogen) atoms. The van der Waals surface area contributed by atoms with E-state index in [0.29, 0.717) is 12.1 Å². The maximum absolute atomic E-state index is 13.0. The molecule has 1 aliphatic heterocycles. The number of hydrogen-bond acceptors (Lipinski definition) is 2. The lowest BCUT2D eigenvalue weighted by Gasteiger charge is -2.33. The molecule has 1 aromatic carbocycles. The Labute approximate surface area is 157 Å². The number of rotatable bonds is 7. The van der Waals surface area contributed by atoms with Crippen LogP contribution in [0.2, 0.25) is 0 Å². The molecule has 2 aliphatic rings. The zero-order chi connectivity index (χ0) is 18.4. The average molecular weight is 361 g/mol. The van der Waals surface area contributed by atoms with Gasteiger partial charge in [0.2, 0.25) is 0 Å². The summed E-state index contributed by atoms with van der Waals surface area (Å²) in [4.78, 5) is 7.09. The summed E-state index contributed by atoms with van der Waals surface area (Å²) >= 11 is 0. The predicted molar refractivity (Wildman–Crippen MR) is 106 cm³/mol. The van der Waals surface area contributed by atoms with Gasteiger partial charge >= 0.3 is 0 Å². The standard InChI is InChI=1S/C21H33FN4/c1-3-5-17-14-20(17)25-21(23-4-2)24-19-10-12-26(13-11-19)15-16-6-8-18(22)9-7-16/h6-9,17,19-20H,3-5,10-15H2,1-2H3,(H2,23,24,25). The number of piperidine rings is 1. The first-order valence-corrected chi connectivity index (χ1v) is 10.2. The van der Waals surface area contributed by atoms with Crippen molar-refractivity contribution in [3.8, 4) is 0 Å². The highest BCUT2D eigenvalue weighted by atomic mass is 19.1. The molecule has 2 atom stereocenters. The second kappa shape index (κ2) is 9.36. The smallest absolute Gasteiger partial charge is 0.191 e. The van der Waals surface area contributed by atoms with E-state index < -0.39 is 0 Å². The number of nitrogens with zero attached hydrogens (tertiary/aromatic N) is 2. The summed E-state index contributed by atoms with van der Waals surface area (Å²) in [6, 6.07) is 7.97. The molecule has 1 aliphatic carbocycles. The van der Waals surface area contributed by atoms with Crippen LogP contribution >= 0.6 is 0 Å². The van der Waals surface area contributed by atoms with Crippen LogP contribution in [0.25, 0.3) is 0 Å². The molecule has 0 aromatic heterocycles. The summed E-state index contributed by atoms with van der Waals surface area (Å²) < 4.78 is 13.0. The molecule has 1 saturated heterocycles. The first-order chi connectivity index (χ1) is 12.7. The van der Waals surface area contributed by atoms with Crippen LogP contribution in [-0.2, 0) is 6.54 Å². The zero-order valence-corrected chi connectivity index (χ0v) is 16.2. The Hall–Kier alpha value is -1.62. The van der Waals surface area contributed by atoms with Gasteiger partial charge in [-0.3, -0.25) is 9.89 Å². The minimum atomic E-state index is -0.163. The molecule has 1 aromatic rings. The van der Waals surface area contributed by atoms with Crippen LogP contribution in [0.15, 0.2) is 29.3 Å². The quantitative estimate of drug-likeness (QED) is 0.577. The maximum atomic E-state index is 13.0. The molecule has 5 heteroatoms. The summed E-state index contributed by atoms with van der Waals surface area (Å²) in [5.41, 5.74) is 1.18. The number of aliphatic imine (C=N–C) groups is 1. The lowest BCUT2D eigenvalue weighted by atomic mass is 10.0. The van der Waals surface area contributed by atoms with Gasteiger partial charge in [0.25, 0.3) is 0 Å². The molecular weight excluding hydrogens is 327 g/mol. The number of hydrogen-bond donors (Lipinski definition) is 2. The lowest BCUT2D eigenvalue weighted by molar-refractivity contribution is 0.198. The van der Waals surface area contributed by atoms with Crippen molar-refractivity contribution >= 4 is 5.96 Å². The van der Waals surface area contributed by atoms with Crippen molar-refractivity contribution < 1.29 is 4.39 Å². The van der Waals surface area contributed by atoms with Crippen molar-refractivity contribution in [2.24, 2.45) is 10.9 Å². The van der Waals surface area contributed by atoms with Crippen molar-refractivity contribution in [3.63, 3.8) is 0 Å². The van der Waals surface area contributed by atoms with Gasteiger partial charge in [0, 0.05) is 38.3 Å². The van der Waals surface area contributed by atoms with Gasteiger partial charge in [-0.15, -0.1) is 0 Å². The Balaban J connectivity index is 1.42. The number of halogens is 1. The van der Waals surface area contributed by atoms with Crippen molar-refractivity contribution in [3.05, 3.63) is 35.6 Å². The van der Waals surface area contributed by atoms with Crippen molar-refractivity contribution in [2.75, 3.05) is 19.6 Å². The Kier molecular flexibility index (Phi) is 6.89. The van der Waals surface area contributed by atoms with E-state index in [1.165, 1.54) is 24.8 Å². The third-order valence-corrected chi connectivity index (χ3v) is 5.47. The summed E-state index contributed by atoms with van der Waals surface area (Å²) in [6.07, 6.45) is 6.11. The molecule has 144 valence electrons. The molecule has 3 rings (SSSR count). The van der Waals surface area contributed by atoms with Crippen LogP contribution in [0, 0.1) is 11.7 Å². The van der Waals surface area contributed by atoms with Crippen molar-refractivity contribution in [1.82, 2.24) is 15.5 Å². The van der Waals surface area contributed by atoms with Crippen molar-refractivity contribution in [2.45, 2.75) is 64.6 Å². The van der Waals surface area contributed by atoms with Gasteiger partial charge in [-0.25, -0.2) is 4.39 Å². The highest BCUT2D eigenvalue weighted by Gasteiger charge is 2.36. The molecule has 0 bridgehead atoms. The second-order valence-electron chi connectivity index (χ2n) is 7.68. The van der Waals surface area contributed by atoms with Crippen molar-refractivity contribution in [1.29, 1.82) is 0 Å². The highest BCUT2D eigenvalue weighted by molar-refractivity contribution is 5.80. The zero-order valence-electron chi connectivity index (χ0n) is 16.2. The molecule has 2 N–H and O–H groups in total. The summed E-state index contributed by atoms with van der Waals surface area (Å²) in [6.45, 7) is 8.19. The first kappa shape index (κ1) is 19.2. The summed E-state index contributed by atoms with van der Waals surface area (Å²) in [5, 5.41) is 7.27. The van der Waals surface area contributed by atoms with E-state index in [-0.39, 0.29) is 5.82 Å². The van der Waals surface area contributed by atoms with Gasteiger partial charge in [0.1, 0.15) is 5.82 Å². The largest absolute Gasteiger partial charge is 0.354 e. The van der Waals surface area contributed by atoms with Crippen LogP contribution in [-0.4, -0.2) is 42.6 Å². The van der Waals surface area contributed by atoms with Gasteiger partial charge < -0.3 is 10.6 Å². The summed E-state index contributed by atoms with van der Waals surface area (Å²) in [5.74, 6) is 1.67. The van der Waals surface area contributed by atoms with Gasteiger partial charge in [0.15, 0.2) is 5.96 Å². The average Bonchev–Trinajstić information content (AvgIpc) is 3.36. The fraction of sp³-hybridized carbons (Fsp3) is 0.667. The van der Waals surface area contributed by atoms with E-state index in [2.05, 4.69) is 34.4 Å². The van der Waals surface area contributed by atoms with Gasteiger partial charge in [-0.1, -0.05) is 25.5 Å². The normalized spacial score (nSPS) is 24.5. The number of benzene rings is 1. The van der Waals surface area contributed by atoms with Crippen LogP contribution in [0.1, 0.15) is 51.5 Å². The fourth-order valence-electron chi connectivity index (χ4n) is 3.86. The van der Waals surface area contributed by atoms with Crippen LogP contribution in [0.5, 0.6) is 0 Å². The predicted octanol–water partition coefficient (Wildman–Crippen LogP) is 3.53. The van der Waals surface area contributed by atoms with E-state index in [9.17, 15) is 4.39 Å². The molecular formula is C21H33FN4. The second-order valence-corrected chi connectivity index (χ2v) is 7.68. The molecule has 0 amide bonds. The Morgan fingerprint density at radius 3 is 2.54 bits per heavy atom. The topological polar surface area (TPSA) is 39.7 Å².